The Morgan fingerprint density at radius 3 is 2.35 bits per heavy atom. The first-order valence-corrected chi connectivity index (χ1v) is 6.70. The number of nitrogens with zero attached hydrogens (tertiary/aromatic N) is 2. The molecule has 0 aliphatic rings. The van der Waals surface area contributed by atoms with Crippen LogP contribution in [0.1, 0.15) is 18.5 Å². The minimum Gasteiger partial charge on any atom is -0.406 e. The van der Waals surface area contributed by atoms with Gasteiger partial charge in [-0.1, -0.05) is 12.1 Å². The van der Waals surface area contributed by atoms with Crippen molar-refractivity contribution in [2.75, 3.05) is 5.73 Å². The van der Waals surface area contributed by atoms with E-state index in [1.54, 1.807) is 23.0 Å². The van der Waals surface area contributed by atoms with Gasteiger partial charge in [-0.05, 0) is 47.2 Å². The molecule has 0 bridgehead atoms. The van der Waals surface area contributed by atoms with Crippen LogP contribution < -0.4 is 10.5 Å². The molecule has 4 nitrogen and oxygen atoms in total. The standard InChI is InChI=1S/C12H11F3IN3O/c1-7(19-11(17)10(16)6-18-19)8-2-4-9(5-3-8)20-12(13,14)15/h2-7H,17H2,1H3. The predicted octanol–water partition coefficient (Wildman–Crippen LogP) is 3.58. The highest BCUT2D eigenvalue weighted by atomic mass is 127. The highest BCUT2D eigenvalue weighted by Crippen LogP contribution is 2.27. The van der Waals surface area contributed by atoms with Gasteiger partial charge in [-0.3, -0.25) is 0 Å². The molecule has 0 amide bonds. The van der Waals surface area contributed by atoms with Gasteiger partial charge in [0.2, 0.25) is 0 Å². The van der Waals surface area contributed by atoms with Gasteiger partial charge in [0.05, 0.1) is 15.8 Å². The van der Waals surface area contributed by atoms with Crippen LogP contribution in [0.4, 0.5) is 19.0 Å². The summed E-state index contributed by atoms with van der Waals surface area (Å²) in [4.78, 5) is 0. The average molecular weight is 397 g/mol. The third kappa shape index (κ3) is 3.35. The SMILES string of the molecule is CC(c1ccc(OC(F)(F)F)cc1)n1ncc(I)c1N. The summed E-state index contributed by atoms with van der Waals surface area (Å²) in [5.74, 6) is 0.269. The van der Waals surface area contributed by atoms with E-state index in [9.17, 15) is 13.2 Å². The largest absolute Gasteiger partial charge is 0.573 e. The molecule has 108 valence electrons. The maximum absolute atomic E-state index is 12.1. The Labute approximate surface area is 126 Å². The molecule has 0 fully saturated rings. The van der Waals surface area contributed by atoms with E-state index in [1.165, 1.54) is 12.1 Å². The lowest BCUT2D eigenvalue weighted by Gasteiger charge is -2.15. The number of nitrogen functional groups attached to an aromatic ring is 1. The Bertz CT molecular complexity index is 595. The lowest BCUT2D eigenvalue weighted by Crippen LogP contribution is -2.17. The fourth-order valence-electron chi connectivity index (χ4n) is 1.75. The van der Waals surface area contributed by atoms with Gasteiger partial charge in [0.1, 0.15) is 11.6 Å². The lowest BCUT2D eigenvalue weighted by atomic mass is 10.1. The van der Waals surface area contributed by atoms with Gasteiger partial charge < -0.3 is 10.5 Å². The van der Waals surface area contributed by atoms with Crippen LogP contribution in [0.3, 0.4) is 0 Å². The predicted molar refractivity (Wildman–Crippen MR) is 76.3 cm³/mol. The second-order valence-electron chi connectivity index (χ2n) is 4.12. The third-order valence-electron chi connectivity index (χ3n) is 2.75. The number of halogens is 4. The molecule has 0 radical (unpaired) electrons. The van der Waals surface area contributed by atoms with Crippen molar-refractivity contribution in [3.63, 3.8) is 0 Å². The van der Waals surface area contributed by atoms with Gasteiger partial charge in [-0.15, -0.1) is 13.2 Å². The summed E-state index contributed by atoms with van der Waals surface area (Å²) in [6.45, 7) is 1.86. The van der Waals surface area contributed by atoms with Crippen molar-refractivity contribution in [1.82, 2.24) is 9.78 Å². The molecule has 1 heterocycles. The van der Waals surface area contributed by atoms with Gasteiger partial charge >= 0.3 is 6.36 Å². The molecule has 0 spiro atoms. The molecule has 1 unspecified atom stereocenters. The number of aromatic nitrogens is 2. The van der Waals surface area contributed by atoms with E-state index in [2.05, 4.69) is 32.4 Å². The normalized spacial score (nSPS) is 13.2. The van der Waals surface area contributed by atoms with Crippen molar-refractivity contribution in [2.24, 2.45) is 0 Å². The monoisotopic (exact) mass is 397 g/mol. The summed E-state index contributed by atoms with van der Waals surface area (Å²) < 4.78 is 42.5. The first kappa shape index (κ1) is 14.9. The Kier molecular flexibility index (Phi) is 4.11. The maximum Gasteiger partial charge on any atom is 0.573 e. The average Bonchev–Trinajstić information content (AvgIpc) is 2.68. The molecule has 0 aliphatic heterocycles. The molecule has 2 N–H and O–H groups in total. The van der Waals surface area contributed by atoms with Gasteiger partial charge in [0, 0.05) is 0 Å². The van der Waals surface area contributed by atoms with Crippen LogP contribution in [0.5, 0.6) is 5.75 Å². The Hall–Kier alpha value is -1.45. The molecule has 2 rings (SSSR count). The van der Waals surface area contributed by atoms with Crippen LogP contribution in [0.25, 0.3) is 0 Å². The molecule has 8 heteroatoms. The molecule has 0 saturated carbocycles. The van der Waals surface area contributed by atoms with Gasteiger partial charge in [0.25, 0.3) is 0 Å². The molecular weight excluding hydrogens is 386 g/mol. The molecule has 1 aromatic heterocycles. The van der Waals surface area contributed by atoms with Crippen LogP contribution in [-0.4, -0.2) is 16.1 Å². The summed E-state index contributed by atoms with van der Waals surface area (Å²) in [5.41, 5.74) is 6.66. The number of hydrogen-bond acceptors (Lipinski definition) is 3. The fraction of sp³-hybridized carbons (Fsp3) is 0.250. The van der Waals surface area contributed by atoms with Crippen LogP contribution in [0.15, 0.2) is 30.5 Å². The highest BCUT2D eigenvalue weighted by Gasteiger charge is 2.31. The summed E-state index contributed by atoms with van der Waals surface area (Å²) in [6, 6.07) is 5.46. The number of alkyl halides is 3. The van der Waals surface area contributed by atoms with Crippen LogP contribution in [-0.2, 0) is 0 Å². The van der Waals surface area contributed by atoms with Crippen molar-refractivity contribution >= 4 is 28.4 Å². The maximum atomic E-state index is 12.1. The van der Waals surface area contributed by atoms with Crippen molar-refractivity contribution in [1.29, 1.82) is 0 Å². The van der Waals surface area contributed by atoms with Crippen LogP contribution in [0, 0.1) is 3.57 Å². The Morgan fingerprint density at radius 2 is 1.90 bits per heavy atom. The minimum absolute atomic E-state index is 0.182. The van der Waals surface area contributed by atoms with Crippen molar-refractivity contribution in [3.05, 3.63) is 39.6 Å². The number of benzene rings is 1. The molecular formula is C12H11F3IN3O. The number of nitrogens with two attached hydrogens (primary N) is 1. The first-order chi connectivity index (χ1) is 9.28. The van der Waals surface area contributed by atoms with Gasteiger partial charge in [-0.25, -0.2) is 4.68 Å². The van der Waals surface area contributed by atoms with Crippen molar-refractivity contribution < 1.29 is 17.9 Å². The summed E-state index contributed by atoms with van der Waals surface area (Å²) in [6.07, 6.45) is -3.05. The van der Waals surface area contributed by atoms with E-state index in [0.29, 0.717) is 5.82 Å². The molecule has 1 atom stereocenters. The molecule has 20 heavy (non-hydrogen) atoms. The molecule has 2 aromatic rings. The third-order valence-corrected chi connectivity index (χ3v) is 3.58. The van der Waals surface area contributed by atoms with E-state index in [-0.39, 0.29) is 11.8 Å². The number of hydrogen-bond donors (Lipinski definition) is 1. The zero-order chi connectivity index (χ0) is 14.9. The zero-order valence-electron chi connectivity index (χ0n) is 10.4. The van der Waals surface area contributed by atoms with E-state index < -0.39 is 6.36 Å². The van der Waals surface area contributed by atoms with Crippen molar-refractivity contribution in [2.45, 2.75) is 19.3 Å². The van der Waals surface area contributed by atoms with E-state index in [1.807, 2.05) is 6.92 Å². The number of ether oxygens (including phenoxy) is 1. The van der Waals surface area contributed by atoms with Crippen molar-refractivity contribution in [3.8, 4) is 5.75 Å². The fourth-order valence-corrected chi connectivity index (χ4v) is 2.12. The zero-order valence-corrected chi connectivity index (χ0v) is 12.5. The van der Waals surface area contributed by atoms with Gasteiger partial charge in [-0.2, -0.15) is 5.10 Å². The lowest BCUT2D eigenvalue weighted by molar-refractivity contribution is -0.274. The summed E-state index contributed by atoms with van der Waals surface area (Å²) in [7, 11) is 0. The smallest absolute Gasteiger partial charge is 0.406 e. The topological polar surface area (TPSA) is 53.1 Å². The summed E-state index contributed by atoms with van der Waals surface area (Å²) >= 11 is 2.06. The number of anilines is 1. The van der Waals surface area contributed by atoms with Crippen LogP contribution in [0.2, 0.25) is 0 Å². The van der Waals surface area contributed by atoms with Crippen LogP contribution >= 0.6 is 22.6 Å². The minimum atomic E-state index is -4.68. The van der Waals surface area contributed by atoms with E-state index in [0.717, 1.165) is 9.13 Å². The second-order valence-corrected chi connectivity index (χ2v) is 5.28. The van der Waals surface area contributed by atoms with Gasteiger partial charge in [0.15, 0.2) is 0 Å². The second kappa shape index (κ2) is 5.51. The Balaban J connectivity index is 2.20. The molecule has 0 aliphatic carbocycles. The first-order valence-electron chi connectivity index (χ1n) is 5.62. The van der Waals surface area contributed by atoms with E-state index >= 15 is 0 Å². The summed E-state index contributed by atoms with van der Waals surface area (Å²) in [5, 5.41) is 4.15. The highest BCUT2D eigenvalue weighted by molar-refractivity contribution is 14.1. The molecule has 0 saturated heterocycles. The molecule has 1 aromatic carbocycles. The quantitative estimate of drug-likeness (QED) is 0.806. The van der Waals surface area contributed by atoms with E-state index in [4.69, 9.17) is 5.73 Å². The Morgan fingerprint density at radius 1 is 1.30 bits per heavy atom. The number of rotatable bonds is 3.